The minimum absolute atomic E-state index is 0.214. The second-order valence-corrected chi connectivity index (χ2v) is 20.8. The van der Waals surface area contributed by atoms with Crippen molar-refractivity contribution in [2.45, 2.75) is 327 Å². The summed E-state index contributed by atoms with van der Waals surface area (Å²) in [6.07, 6.45) is 53.4. The van der Waals surface area contributed by atoms with Crippen LogP contribution in [0.5, 0.6) is 0 Å². The Balaban J connectivity index is 2.18. The molecule has 0 aliphatic carbocycles. The molecular weight excluding hydrogens is 881 g/mol. The van der Waals surface area contributed by atoms with E-state index in [0.29, 0.717) is 6.42 Å². The first-order chi connectivity index (χ1) is 34.3. The van der Waals surface area contributed by atoms with Crippen molar-refractivity contribution >= 4 is 11.9 Å². The molecule has 1 fully saturated rings. The quantitative estimate of drug-likeness (QED) is 0.0263. The molecule has 0 aromatic carbocycles. The summed E-state index contributed by atoms with van der Waals surface area (Å²) in [5, 5.41) is 40.3. The minimum atomic E-state index is -1.59. The van der Waals surface area contributed by atoms with Gasteiger partial charge in [-0.25, -0.2) is 0 Å². The lowest BCUT2D eigenvalue weighted by atomic mass is 9.99. The standard InChI is InChI=1S/C60H112O10/c1-3-5-7-9-11-13-15-17-19-21-23-25-26-27-29-30-32-34-36-38-40-42-44-46-48-55(62)67-51-53(52-68-60-59(66)58(65)57(64)54(50-61)70-60)69-56(63)49-47-45-43-41-39-37-35-33-31-28-24-22-20-18-16-14-12-10-8-6-4-2/h16,18,22,24,53-54,57-61,64-66H,3-15,17,19-21,23,25-52H2,1-2H3/b18-16-,24-22-. The van der Waals surface area contributed by atoms with Gasteiger partial charge in [0.05, 0.1) is 13.2 Å². The highest BCUT2D eigenvalue weighted by atomic mass is 16.7. The minimum Gasteiger partial charge on any atom is -0.462 e. The van der Waals surface area contributed by atoms with Crippen molar-refractivity contribution in [3.63, 3.8) is 0 Å². The summed E-state index contributed by atoms with van der Waals surface area (Å²) in [4.78, 5) is 25.6. The number of ether oxygens (including phenoxy) is 4. The topological polar surface area (TPSA) is 152 Å². The third-order valence-electron chi connectivity index (χ3n) is 14.1. The molecule has 6 unspecified atom stereocenters. The lowest BCUT2D eigenvalue weighted by Gasteiger charge is -2.39. The van der Waals surface area contributed by atoms with E-state index in [4.69, 9.17) is 18.9 Å². The molecule has 1 aliphatic heterocycles. The zero-order valence-electron chi connectivity index (χ0n) is 45.5. The van der Waals surface area contributed by atoms with Crippen LogP contribution < -0.4 is 0 Å². The maximum atomic E-state index is 12.9. The van der Waals surface area contributed by atoms with Crippen LogP contribution >= 0.6 is 0 Å². The number of hydrogen-bond donors (Lipinski definition) is 4. The monoisotopic (exact) mass is 993 g/mol. The lowest BCUT2D eigenvalue weighted by molar-refractivity contribution is -0.305. The molecule has 1 aliphatic rings. The first-order valence-corrected chi connectivity index (χ1v) is 29.9. The normalized spacial score (nSPS) is 18.9. The molecule has 6 atom stereocenters. The van der Waals surface area contributed by atoms with Gasteiger partial charge in [0.1, 0.15) is 31.0 Å². The van der Waals surface area contributed by atoms with Gasteiger partial charge in [-0.05, 0) is 44.9 Å². The molecule has 10 nitrogen and oxygen atoms in total. The number of rotatable bonds is 52. The maximum absolute atomic E-state index is 12.9. The highest BCUT2D eigenvalue weighted by molar-refractivity contribution is 5.70. The van der Waals surface area contributed by atoms with E-state index in [-0.39, 0.29) is 32.0 Å². The lowest BCUT2D eigenvalue weighted by Crippen LogP contribution is -2.59. The van der Waals surface area contributed by atoms with Crippen LogP contribution in [0.4, 0.5) is 0 Å². The van der Waals surface area contributed by atoms with Gasteiger partial charge in [0.2, 0.25) is 0 Å². The van der Waals surface area contributed by atoms with Gasteiger partial charge >= 0.3 is 11.9 Å². The molecule has 1 heterocycles. The van der Waals surface area contributed by atoms with Crippen molar-refractivity contribution in [3.8, 4) is 0 Å². The van der Waals surface area contributed by atoms with E-state index < -0.39 is 49.4 Å². The fraction of sp³-hybridized carbons (Fsp3) is 0.900. The van der Waals surface area contributed by atoms with Crippen LogP contribution in [0.1, 0.15) is 290 Å². The smallest absolute Gasteiger partial charge is 0.306 e. The van der Waals surface area contributed by atoms with Crippen molar-refractivity contribution in [1.29, 1.82) is 0 Å². The van der Waals surface area contributed by atoms with E-state index in [2.05, 4.69) is 38.2 Å². The number of aliphatic hydroxyl groups excluding tert-OH is 4. The van der Waals surface area contributed by atoms with Gasteiger partial charge in [0.25, 0.3) is 0 Å². The Bertz CT molecular complexity index is 1190. The van der Waals surface area contributed by atoms with Crippen LogP contribution in [-0.2, 0) is 28.5 Å². The zero-order valence-corrected chi connectivity index (χ0v) is 45.5. The third kappa shape index (κ3) is 40.6. The number of unbranched alkanes of at least 4 members (excludes halogenated alkanes) is 37. The predicted molar refractivity (Wildman–Crippen MR) is 289 cm³/mol. The van der Waals surface area contributed by atoms with Gasteiger partial charge in [-0.1, -0.05) is 256 Å². The van der Waals surface area contributed by atoms with Crippen LogP contribution in [0.15, 0.2) is 24.3 Å². The third-order valence-corrected chi connectivity index (χ3v) is 14.1. The highest BCUT2D eigenvalue weighted by Crippen LogP contribution is 2.23. The van der Waals surface area contributed by atoms with Crippen LogP contribution in [0.25, 0.3) is 0 Å². The molecule has 1 rings (SSSR count). The van der Waals surface area contributed by atoms with Gasteiger partial charge in [-0.2, -0.15) is 0 Å². The Kier molecular flexibility index (Phi) is 47.9. The fourth-order valence-corrected chi connectivity index (χ4v) is 9.40. The van der Waals surface area contributed by atoms with Crippen molar-refractivity contribution < 1.29 is 49.0 Å². The molecule has 10 heteroatoms. The van der Waals surface area contributed by atoms with Gasteiger partial charge in [0.15, 0.2) is 12.4 Å². The average Bonchev–Trinajstić information content (AvgIpc) is 3.36. The van der Waals surface area contributed by atoms with E-state index in [1.807, 2.05) is 0 Å². The number of hydrogen-bond acceptors (Lipinski definition) is 10. The molecule has 0 aromatic heterocycles. The first kappa shape index (κ1) is 66.2. The highest BCUT2D eigenvalue weighted by Gasteiger charge is 2.44. The Hall–Kier alpha value is -1.82. The Morgan fingerprint density at radius 3 is 1.19 bits per heavy atom. The molecule has 412 valence electrons. The van der Waals surface area contributed by atoms with E-state index >= 15 is 0 Å². The summed E-state index contributed by atoms with van der Waals surface area (Å²) >= 11 is 0. The Labute approximate surface area is 430 Å². The summed E-state index contributed by atoms with van der Waals surface area (Å²) < 4.78 is 22.3. The number of carbonyl (C=O) groups is 2. The van der Waals surface area contributed by atoms with Crippen LogP contribution in [0, 0.1) is 0 Å². The average molecular weight is 994 g/mol. The molecule has 0 bridgehead atoms. The van der Waals surface area contributed by atoms with Crippen LogP contribution in [0.2, 0.25) is 0 Å². The van der Waals surface area contributed by atoms with Gasteiger partial charge in [0, 0.05) is 12.8 Å². The Morgan fingerprint density at radius 2 is 0.800 bits per heavy atom. The molecule has 0 aromatic rings. The second-order valence-electron chi connectivity index (χ2n) is 20.8. The van der Waals surface area contributed by atoms with Gasteiger partial charge in [-0.15, -0.1) is 0 Å². The summed E-state index contributed by atoms with van der Waals surface area (Å²) in [6.45, 7) is 3.47. The van der Waals surface area contributed by atoms with Gasteiger partial charge < -0.3 is 39.4 Å². The summed E-state index contributed by atoms with van der Waals surface area (Å²) in [5.41, 5.74) is 0. The number of allylic oxidation sites excluding steroid dienone is 4. The van der Waals surface area contributed by atoms with Crippen molar-refractivity contribution in [2.24, 2.45) is 0 Å². The van der Waals surface area contributed by atoms with E-state index in [1.54, 1.807) is 0 Å². The summed E-state index contributed by atoms with van der Waals surface area (Å²) in [7, 11) is 0. The molecule has 0 saturated carbocycles. The largest absolute Gasteiger partial charge is 0.462 e. The molecule has 1 saturated heterocycles. The molecule has 0 radical (unpaired) electrons. The fourth-order valence-electron chi connectivity index (χ4n) is 9.40. The van der Waals surface area contributed by atoms with E-state index in [9.17, 15) is 30.0 Å². The molecular formula is C60H112O10. The summed E-state index contributed by atoms with van der Waals surface area (Å²) in [5.74, 6) is -0.794. The summed E-state index contributed by atoms with van der Waals surface area (Å²) in [6, 6.07) is 0. The number of aliphatic hydroxyl groups is 4. The molecule has 70 heavy (non-hydrogen) atoms. The first-order valence-electron chi connectivity index (χ1n) is 29.9. The molecule has 0 amide bonds. The zero-order chi connectivity index (χ0) is 50.8. The van der Waals surface area contributed by atoms with E-state index in [0.717, 1.165) is 51.4 Å². The SMILES string of the molecule is CCCCCCC/C=C\C/C=C\CCCCCCCCCCCC(=O)OC(COC(=O)CCCCCCCCCCCCCCCCCCCCCCCCCC)COC1OC(CO)C(O)C(O)C1O. The molecule has 0 spiro atoms. The van der Waals surface area contributed by atoms with Crippen LogP contribution in [-0.4, -0.2) is 89.0 Å². The predicted octanol–water partition coefficient (Wildman–Crippen LogP) is 15.2. The maximum Gasteiger partial charge on any atom is 0.306 e. The van der Waals surface area contributed by atoms with Crippen molar-refractivity contribution in [2.75, 3.05) is 19.8 Å². The number of carbonyl (C=O) groups excluding carboxylic acids is 2. The van der Waals surface area contributed by atoms with Crippen molar-refractivity contribution in [3.05, 3.63) is 24.3 Å². The number of esters is 2. The molecule has 4 N–H and O–H groups in total. The second kappa shape index (κ2) is 50.7. The van der Waals surface area contributed by atoms with Gasteiger partial charge in [-0.3, -0.25) is 9.59 Å². The van der Waals surface area contributed by atoms with Crippen molar-refractivity contribution in [1.82, 2.24) is 0 Å². The van der Waals surface area contributed by atoms with E-state index in [1.165, 1.54) is 205 Å². The van der Waals surface area contributed by atoms with Crippen LogP contribution in [0.3, 0.4) is 0 Å². The Morgan fingerprint density at radius 1 is 0.443 bits per heavy atom.